The fraction of sp³-hybridized carbons (Fsp3) is 0.250. The number of rotatable bonds is 2. The van der Waals surface area contributed by atoms with Crippen molar-refractivity contribution in [1.82, 2.24) is 5.43 Å². The fourth-order valence-electron chi connectivity index (χ4n) is 0.264. The second kappa shape index (κ2) is 5.61. The first-order valence-corrected chi connectivity index (χ1v) is 3.21. The first-order chi connectivity index (χ1) is 4.35. The summed E-state index contributed by atoms with van der Waals surface area (Å²) in [7, 11) is 0. The van der Waals surface area contributed by atoms with Gasteiger partial charge in [0.05, 0.1) is 6.54 Å². The van der Waals surface area contributed by atoms with E-state index < -0.39 is 0 Å². The Morgan fingerprint density at radius 1 is 1.89 bits per heavy atom. The lowest BCUT2D eigenvalue weighted by atomic mass is 10.7. The molecule has 0 fully saturated rings. The SMILES string of the molecule is C=CCN=C(NN)SN. The highest BCUT2D eigenvalue weighted by Crippen LogP contribution is 1.86. The quantitative estimate of drug-likeness (QED) is 0.124. The van der Waals surface area contributed by atoms with Gasteiger partial charge in [-0.25, -0.2) is 5.84 Å². The molecule has 0 atom stereocenters. The molecule has 0 aromatic heterocycles. The minimum absolute atomic E-state index is 0.509. The lowest BCUT2D eigenvalue weighted by Gasteiger charge is -1.97. The second-order valence-corrected chi connectivity index (χ2v) is 1.82. The molecule has 0 aliphatic heterocycles. The third-order valence-corrected chi connectivity index (χ3v) is 1.07. The molecular weight excluding hydrogens is 136 g/mol. The highest BCUT2D eigenvalue weighted by molar-refractivity contribution is 8.11. The summed E-state index contributed by atoms with van der Waals surface area (Å²) in [4.78, 5) is 3.88. The van der Waals surface area contributed by atoms with Crippen LogP contribution in [0.1, 0.15) is 0 Å². The van der Waals surface area contributed by atoms with E-state index in [9.17, 15) is 0 Å². The minimum Gasteiger partial charge on any atom is -0.302 e. The molecule has 0 heterocycles. The standard InChI is InChI=1S/C4H10N4S/c1-2-3-7-4(8-5)9-6/h2H,1,3,5-6H2,(H,7,8). The van der Waals surface area contributed by atoms with E-state index in [0.717, 1.165) is 11.9 Å². The fourth-order valence-corrected chi connectivity index (χ4v) is 0.482. The van der Waals surface area contributed by atoms with Crippen LogP contribution in [-0.4, -0.2) is 11.7 Å². The van der Waals surface area contributed by atoms with Crippen molar-refractivity contribution in [2.24, 2.45) is 16.0 Å². The maximum atomic E-state index is 5.13. The van der Waals surface area contributed by atoms with E-state index in [1.54, 1.807) is 6.08 Å². The first-order valence-electron chi connectivity index (χ1n) is 2.33. The first kappa shape index (κ1) is 8.48. The molecule has 0 aliphatic rings. The molecule has 0 aromatic carbocycles. The van der Waals surface area contributed by atoms with Gasteiger partial charge in [0.25, 0.3) is 0 Å². The van der Waals surface area contributed by atoms with Gasteiger partial charge in [0, 0.05) is 0 Å². The van der Waals surface area contributed by atoms with Crippen LogP contribution in [0.3, 0.4) is 0 Å². The Balaban J connectivity index is 3.60. The summed E-state index contributed by atoms with van der Waals surface area (Å²) in [6, 6.07) is 0. The Kier molecular flexibility index (Phi) is 5.29. The molecule has 9 heavy (non-hydrogen) atoms. The molecule has 5 N–H and O–H groups in total. The van der Waals surface area contributed by atoms with Crippen LogP contribution in [0.5, 0.6) is 0 Å². The van der Waals surface area contributed by atoms with Gasteiger partial charge in [-0.05, 0) is 11.9 Å². The number of nitrogens with one attached hydrogen (secondary N) is 1. The summed E-state index contributed by atoms with van der Waals surface area (Å²) in [5.74, 6) is 5.01. The van der Waals surface area contributed by atoms with Gasteiger partial charge < -0.3 is 5.43 Å². The highest BCUT2D eigenvalue weighted by atomic mass is 32.2. The number of aliphatic imine (C=N–C) groups is 1. The van der Waals surface area contributed by atoms with E-state index >= 15 is 0 Å². The summed E-state index contributed by atoms with van der Waals surface area (Å²) >= 11 is 0.976. The summed E-state index contributed by atoms with van der Waals surface area (Å²) in [6.45, 7) is 4.01. The zero-order valence-electron chi connectivity index (χ0n) is 5.00. The van der Waals surface area contributed by atoms with E-state index in [4.69, 9.17) is 11.0 Å². The maximum absolute atomic E-state index is 5.13. The normalized spacial score (nSPS) is 11.1. The van der Waals surface area contributed by atoms with E-state index in [1.165, 1.54) is 0 Å². The van der Waals surface area contributed by atoms with Crippen LogP contribution in [0.25, 0.3) is 0 Å². The van der Waals surface area contributed by atoms with Gasteiger partial charge in [-0.15, -0.1) is 6.58 Å². The van der Waals surface area contributed by atoms with Crippen LogP contribution in [0, 0.1) is 0 Å². The van der Waals surface area contributed by atoms with Gasteiger partial charge in [-0.3, -0.25) is 10.1 Å². The molecule has 0 rings (SSSR count). The zero-order valence-corrected chi connectivity index (χ0v) is 5.82. The molecule has 0 saturated heterocycles. The van der Waals surface area contributed by atoms with E-state index in [-0.39, 0.29) is 0 Å². The number of hydrogen-bond acceptors (Lipinski definition) is 4. The van der Waals surface area contributed by atoms with Gasteiger partial charge >= 0.3 is 0 Å². The molecule has 0 spiro atoms. The highest BCUT2D eigenvalue weighted by Gasteiger charge is 1.87. The minimum atomic E-state index is 0.509. The molecule has 52 valence electrons. The van der Waals surface area contributed by atoms with E-state index in [0.29, 0.717) is 11.7 Å². The molecule has 0 saturated carbocycles. The third kappa shape index (κ3) is 4.01. The van der Waals surface area contributed by atoms with Gasteiger partial charge in [0.1, 0.15) is 0 Å². The van der Waals surface area contributed by atoms with Gasteiger partial charge in [-0.2, -0.15) is 0 Å². The van der Waals surface area contributed by atoms with E-state index in [1.807, 2.05) is 0 Å². The Morgan fingerprint density at radius 3 is 2.89 bits per heavy atom. The second-order valence-electron chi connectivity index (χ2n) is 1.20. The van der Waals surface area contributed by atoms with Crippen LogP contribution in [0.15, 0.2) is 17.6 Å². The molecule has 0 aromatic rings. The molecule has 0 radical (unpaired) electrons. The van der Waals surface area contributed by atoms with E-state index in [2.05, 4.69) is 17.0 Å². The van der Waals surface area contributed by atoms with Crippen LogP contribution in [0.2, 0.25) is 0 Å². The van der Waals surface area contributed by atoms with Crippen LogP contribution < -0.4 is 16.4 Å². The summed E-state index contributed by atoms with van der Waals surface area (Å²) in [5, 5.41) is 5.64. The monoisotopic (exact) mass is 146 g/mol. The number of nitrogens with two attached hydrogens (primary N) is 2. The molecule has 0 bridgehead atoms. The van der Waals surface area contributed by atoms with Crippen molar-refractivity contribution in [1.29, 1.82) is 0 Å². The lowest BCUT2D eigenvalue weighted by molar-refractivity contribution is 1.03. The Bertz CT molecular complexity index is 105. The van der Waals surface area contributed by atoms with Crippen molar-refractivity contribution >= 4 is 17.1 Å². The molecule has 0 unspecified atom stereocenters. The largest absolute Gasteiger partial charge is 0.302 e. The molecule has 0 aliphatic carbocycles. The van der Waals surface area contributed by atoms with Crippen molar-refractivity contribution in [3.63, 3.8) is 0 Å². The van der Waals surface area contributed by atoms with Crippen LogP contribution >= 0.6 is 11.9 Å². The Labute approximate surface area is 58.5 Å². The Hall–Kier alpha value is -0.520. The zero-order chi connectivity index (χ0) is 7.11. The smallest absolute Gasteiger partial charge is 0.186 e. The van der Waals surface area contributed by atoms with Crippen LogP contribution in [0.4, 0.5) is 0 Å². The molecule has 0 amide bonds. The van der Waals surface area contributed by atoms with Crippen molar-refractivity contribution in [2.45, 2.75) is 0 Å². The predicted molar refractivity (Wildman–Crippen MR) is 41.6 cm³/mol. The number of hydrazine groups is 1. The van der Waals surface area contributed by atoms with Crippen molar-refractivity contribution in [2.75, 3.05) is 6.54 Å². The number of nitrogens with zero attached hydrogens (tertiary/aromatic N) is 1. The Morgan fingerprint density at radius 2 is 2.56 bits per heavy atom. The van der Waals surface area contributed by atoms with Gasteiger partial charge in [0.2, 0.25) is 0 Å². The van der Waals surface area contributed by atoms with Gasteiger partial charge in [-0.1, -0.05) is 6.08 Å². The summed E-state index contributed by atoms with van der Waals surface area (Å²) < 4.78 is 0. The predicted octanol–water partition coefficient (Wildman–Crippen LogP) is -0.401. The van der Waals surface area contributed by atoms with Crippen molar-refractivity contribution in [3.8, 4) is 0 Å². The summed E-state index contributed by atoms with van der Waals surface area (Å²) in [5.41, 5.74) is 2.33. The van der Waals surface area contributed by atoms with Gasteiger partial charge in [0.15, 0.2) is 5.17 Å². The molecular formula is C4H10N4S. The average Bonchev–Trinajstić information content (AvgIpc) is 1.91. The maximum Gasteiger partial charge on any atom is 0.186 e. The third-order valence-electron chi connectivity index (χ3n) is 0.599. The van der Waals surface area contributed by atoms with Crippen molar-refractivity contribution < 1.29 is 0 Å². The lowest BCUT2D eigenvalue weighted by Crippen LogP contribution is -2.28. The number of amidine groups is 1. The molecule has 4 nitrogen and oxygen atoms in total. The number of hydrogen-bond donors (Lipinski definition) is 3. The summed E-state index contributed by atoms with van der Waals surface area (Å²) in [6.07, 6.45) is 1.66. The van der Waals surface area contributed by atoms with Crippen LogP contribution in [-0.2, 0) is 0 Å². The van der Waals surface area contributed by atoms with Crippen molar-refractivity contribution in [3.05, 3.63) is 12.7 Å². The molecule has 5 heteroatoms. The average molecular weight is 146 g/mol. The topological polar surface area (TPSA) is 76.4 Å².